The SMILES string of the molecule is CCNc1cccc(C2CCCC2)c1. The standard InChI is InChI=1S/C13H19N/c1-2-14-13-9-5-8-12(10-13)11-6-3-4-7-11/h5,8-11,14H,2-4,6-7H2,1H3. The fourth-order valence-corrected chi connectivity index (χ4v) is 2.37. The second-order valence-electron chi connectivity index (χ2n) is 4.14. The van der Waals surface area contributed by atoms with Crippen molar-refractivity contribution in [1.82, 2.24) is 0 Å². The van der Waals surface area contributed by atoms with Crippen molar-refractivity contribution >= 4 is 5.69 Å². The third-order valence-electron chi connectivity index (χ3n) is 3.09. The third kappa shape index (κ3) is 2.09. The van der Waals surface area contributed by atoms with Gasteiger partial charge in [0.15, 0.2) is 0 Å². The Labute approximate surface area is 86.5 Å². The number of anilines is 1. The number of benzene rings is 1. The van der Waals surface area contributed by atoms with E-state index in [1.54, 1.807) is 0 Å². The molecule has 1 saturated carbocycles. The molecule has 1 aliphatic carbocycles. The number of rotatable bonds is 3. The lowest BCUT2D eigenvalue weighted by Crippen LogP contribution is -1.98. The molecule has 0 atom stereocenters. The predicted molar refractivity (Wildman–Crippen MR) is 61.8 cm³/mol. The lowest BCUT2D eigenvalue weighted by Gasteiger charge is -2.11. The zero-order valence-electron chi connectivity index (χ0n) is 8.92. The highest BCUT2D eigenvalue weighted by Crippen LogP contribution is 2.34. The van der Waals surface area contributed by atoms with Crippen LogP contribution in [0.15, 0.2) is 24.3 Å². The molecule has 0 aromatic heterocycles. The second-order valence-corrected chi connectivity index (χ2v) is 4.14. The molecule has 76 valence electrons. The first-order valence-electron chi connectivity index (χ1n) is 5.74. The van der Waals surface area contributed by atoms with Crippen LogP contribution in [0.25, 0.3) is 0 Å². The molecule has 0 saturated heterocycles. The first-order chi connectivity index (χ1) is 6.90. The van der Waals surface area contributed by atoms with Crippen LogP contribution in [0.2, 0.25) is 0 Å². The van der Waals surface area contributed by atoms with Gasteiger partial charge in [0.2, 0.25) is 0 Å². The van der Waals surface area contributed by atoms with Crippen molar-refractivity contribution in [3.05, 3.63) is 29.8 Å². The lowest BCUT2D eigenvalue weighted by molar-refractivity contribution is 0.723. The molecule has 1 aliphatic rings. The van der Waals surface area contributed by atoms with Gasteiger partial charge < -0.3 is 5.32 Å². The molecule has 0 aliphatic heterocycles. The highest BCUT2D eigenvalue weighted by molar-refractivity contribution is 5.46. The fourth-order valence-electron chi connectivity index (χ4n) is 2.37. The zero-order valence-corrected chi connectivity index (χ0v) is 8.92. The molecule has 1 aromatic carbocycles. The highest BCUT2D eigenvalue weighted by atomic mass is 14.8. The lowest BCUT2D eigenvalue weighted by atomic mass is 9.97. The predicted octanol–water partition coefficient (Wildman–Crippen LogP) is 3.78. The second kappa shape index (κ2) is 4.50. The summed E-state index contributed by atoms with van der Waals surface area (Å²) in [5.41, 5.74) is 2.80. The molecular formula is C13H19N. The van der Waals surface area contributed by atoms with E-state index >= 15 is 0 Å². The summed E-state index contributed by atoms with van der Waals surface area (Å²) in [6, 6.07) is 8.92. The maximum absolute atomic E-state index is 3.37. The van der Waals surface area contributed by atoms with E-state index in [9.17, 15) is 0 Å². The molecule has 1 N–H and O–H groups in total. The van der Waals surface area contributed by atoms with Crippen molar-refractivity contribution in [2.24, 2.45) is 0 Å². The van der Waals surface area contributed by atoms with Crippen LogP contribution in [-0.2, 0) is 0 Å². The van der Waals surface area contributed by atoms with Crippen LogP contribution in [0.1, 0.15) is 44.1 Å². The van der Waals surface area contributed by atoms with E-state index in [0.29, 0.717) is 0 Å². The first kappa shape index (κ1) is 9.57. The summed E-state index contributed by atoms with van der Waals surface area (Å²) in [6.07, 6.45) is 5.59. The molecule has 0 spiro atoms. The average molecular weight is 189 g/mol. The van der Waals surface area contributed by atoms with Gasteiger partial charge in [-0.15, -0.1) is 0 Å². The average Bonchev–Trinajstić information content (AvgIpc) is 2.71. The van der Waals surface area contributed by atoms with Gasteiger partial charge in [0.05, 0.1) is 0 Å². The van der Waals surface area contributed by atoms with Gasteiger partial charge in [-0.3, -0.25) is 0 Å². The summed E-state index contributed by atoms with van der Waals surface area (Å²) in [5.74, 6) is 0.827. The maximum Gasteiger partial charge on any atom is 0.0342 e. The molecule has 2 rings (SSSR count). The minimum absolute atomic E-state index is 0.827. The van der Waals surface area contributed by atoms with Crippen molar-refractivity contribution < 1.29 is 0 Å². The molecular weight excluding hydrogens is 170 g/mol. The summed E-state index contributed by atoms with van der Waals surface area (Å²) in [5, 5.41) is 3.37. The Morgan fingerprint density at radius 3 is 2.79 bits per heavy atom. The normalized spacial score (nSPS) is 17.2. The highest BCUT2D eigenvalue weighted by Gasteiger charge is 2.16. The fraction of sp³-hybridized carbons (Fsp3) is 0.538. The van der Waals surface area contributed by atoms with Crippen molar-refractivity contribution in [3.63, 3.8) is 0 Å². The Kier molecular flexibility index (Phi) is 3.07. The monoisotopic (exact) mass is 189 g/mol. The largest absolute Gasteiger partial charge is 0.385 e. The quantitative estimate of drug-likeness (QED) is 0.763. The van der Waals surface area contributed by atoms with Gasteiger partial charge in [0, 0.05) is 12.2 Å². The summed E-state index contributed by atoms with van der Waals surface area (Å²) in [4.78, 5) is 0. The molecule has 0 unspecified atom stereocenters. The molecule has 0 heterocycles. The summed E-state index contributed by atoms with van der Waals surface area (Å²) >= 11 is 0. The van der Waals surface area contributed by atoms with Gasteiger partial charge in [-0.05, 0) is 43.4 Å². The third-order valence-corrected chi connectivity index (χ3v) is 3.09. The van der Waals surface area contributed by atoms with Gasteiger partial charge >= 0.3 is 0 Å². The number of hydrogen-bond donors (Lipinski definition) is 1. The first-order valence-corrected chi connectivity index (χ1v) is 5.74. The molecule has 1 heteroatoms. The van der Waals surface area contributed by atoms with Crippen molar-refractivity contribution in [2.75, 3.05) is 11.9 Å². The van der Waals surface area contributed by atoms with Gasteiger partial charge in [-0.25, -0.2) is 0 Å². The Balaban J connectivity index is 2.12. The smallest absolute Gasteiger partial charge is 0.0342 e. The molecule has 0 radical (unpaired) electrons. The summed E-state index contributed by atoms with van der Waals surface area (Å²) < 4.78 is 0. The van der Waals surface area contributed by atoms with Gasteiger partial charge in [0.1, 0.15) is 0 Å². The van der Waals surface area contributed by atoms with E-state index in [2.05, 4.69) is 36.5 Å². The van der Waals surface area contributed by atoms with Crippen molar-refractivity contribution in [1.29, 1.82) is 0 Å². The van der Waals surface area contributed by atoms with Crippen molar-refractivity contribution in [3.8, 4) is 0 Å². The van der Waals surface area contributed by atoms with E-state index < -0.39 is 0 Å². The van der Waals surface area contributed by atoms with E-state index in [4.69, 9.17) is 0 Å². The summed E-state index contributed by atoms with van der Waals surface area (Å²) in [6.45, 7) is 3.15. The Bertz CT molecular complexity index is 287. The van der Waals surface area contributed by atoms with Crippen LogP contribution in [-0.4, -0.2) is 6.54 Å². The van der Waals surface area contributed by atoms with E-state index in [0.717, 1.165) is 12.5 Å². The Morgan fingerprint density at radius 2 is 2.07 bits per heavy atom. The van der Waals surface area contributed by atoms with Crippen LogP contribution < -0.4 is 5.32 Å². The van der Waals surface area contributed by atoms with Crippen molar-refractivity contribution in [2.45, 2.75) is 38.5 Å². The summed E-state index contributed by atoms with van der Waals surface area (Å²) in [7, 11) is 0. The van der Waals surface area contributed by atoms with Crippen LogP contribution >= 0.6 is 0 Å². The molecule has 14 heavy (non-hydrogen) atoms. The minimum atomic E-state index is 0.827. The molecule has 1 fully saturated rings. The van der Waals surface area contributed by atoms with Gasteiger partial charge in [-0.2, -0.15) is 0 Å². The van der Waals surface area contributed by atoms with E-state index in [-0.39, 0.29) is 0 Å². The van der Waals surface area contributed by atoms with E-state index in [1.165, 1.54) is 36.9 Å². The zero-order chi connectivity index (χ0) is 9.80. The Hall–Kier alpha value is -0.980. The molecule has 0 amide bonds. The molecule has 1 nitrogen and oxygen atoms in total. The van der Waals surface area contributed by atoms with Gasteiger partial charge in [0.25, 0.3) is 0 Å². The Morgan fingerprint density at radius 1 is 1.29 bits per heavy atom. The van der Waals surface area contributed by atoms with Crippen LogP contribution in [0.3, 0.4) is 0 Å². The maximum atomic E-state index is 3.37. The van der Waals surface area contributed by atoms with Gasteiger partial charge in [-0.1, -0.05) is 25.0 Å². The molecule has 0 bridgehead atoms. The number of hydrogen-bond acceptors (Lipinski definition) is 1. The van der Waals surface area contributed by atoms with Crippen LogP contribution in [0.5, 0.6) is 0 Å². The topological polar surface area (TPSA) is 12.0 Å². The number of nitrogens with one attached hydrogen (secondary N) is 1. The van der Waals surface area contributed by atoms with Crippen LogP contribution in [0, 0.1) is 0 Å². The van der Waals surface area contributed by atoms with Crippen LogP contribution in [0.4, 0.5) is 5.69 Å². The van der Waals surface area contributed by atoms with E-state index in [1.807, 2.05) is 0 Å². The minimum Gasteiger partial charge on any atom is -0.385 e. The molecule has 1 aromatic rings.